The molecule has 1 aromatic rings. The summed E-state index contributed by atoms with van der Waals surface area (Å²) in [6.07, 6.45) is -0.151. The fourth-order valence-electron chi connectivity index (χ4n) is 2.80. The molecule has 4 nitrogen and oxygen atoms in total. The van der Waals surface area contributed by atoms with Gasteiger partial charge in [0.15, 0.2) is 0 Å². The van der Waals surface area contributed by atoms with Crippen LogP contribution < -0.4 is 0 Å². The summed E-state index contributed by atoms with van der Waals surface area (Å²) in [6.45, 7) is 10.7. The zero-order chi connectivity index (χ0) is 16.4. The van der Waals surface area contributed by atoms with E-state index in [0.717, 1.165) is 6.42 Å². The van der Waals surface area contributed by atoms with E-state index >= 15 is 0 Å². The van der Waals surface area contributed by atoms with Gasteiger partial charge < -0.3 is 10.2 Å². The Kier molecular flexibility index (Phi) is 5.15. The molecule has 0 spiro atoms. The molecule has 1 aromatic carbocycles. The van der Waals surface area contributed by atoms with Crippen LogP contribution in [0, 0.1) is 32.1 Å². The summed E-state index contributed by atoms with van der Waals surface area (Å²) in [5.74, 6) is 0.715. The maximum atomic E-state index is 12.2. The molecule has 0 amide bonds. The molecular formula is C17H24O4. The van der Waals surface area contributed by atoms with Crippen molar-refractivity contribution in [1.29, 1.82) is 0 Å². The van der Waals surface area contributed by atoms with Crippen LogP contribution in [0.5, 0.6) is 0 Å². The zero-order valence-corrected chi connectivity index (χ0v) is 13.4. The van der Waals surface area contributed by atoms with E-state index in [1.165, 1.54) is 22.3 Å². The van der Waals surface area contributed by atoms with Crippen LogP contribution in [-0.4, -0.2) is 22.2 Å². The third kappa shape index (κ3) is 4.88. The molecule has 116 valence electrons. The molecule has 1 aliphatic carbocycles. The number of ketones is 1. The predicted molar refractivity (Wildman–Crippen MR) is 81.9 cm³/mol. The van der Waals surface area contributed by atoms with Gasteiger partial charge in [-0.3, -0.25) is 4.79 Å². The van der Waals surface area contributed by atoms with Crippen LogP contribution in [0.4, 0.5) is 4.79 Å². The van der Waals surface area contributed by atoms with Crippen LogP contribution in [0.2, 0.25) is 0 Å². The topological polar surface area (TPSA) is 74.6 Å². The molecule has 2 N–H and O–H groups in total. The van der Waals surface area contributed by atoms with E-state index in [4.69, 9.17) is 15.0 Å². The number of aryl methyl sites for hydroxylation is 3. The van der Waals surface area contributed by atoms with Crippen LogP contribution in [0.25, 0.3) is 0 Å². The molecule has 1 saturated carbocycles. The Labute approximate surface area is 125 Å². The lowest BCUT2D eigenvalue weighted by Gasteiger charge is -2.11. The molecular weight excluding hydrogens is 268 g/mol. The van der Waals surface area contributed by atoms with Crippen molar-refractivity contribution in [2.24, 2.45) is 11.3 Å². The lowest BCUT2D eigenvalue weighted by molar-refractivity contribution is -0.120. The monoisotopic (exact) mass is 292 g/mol. The molecule has 0 aromatic heterocycles. The predicted octanol–water partition coefficient (Wildman–Crippen LogP) is 3.99. The molecule has 0 saturated heterocycles. The van der Waals surface area contributed by atoms with E-state index in [9.17, 15) is 4.79 Å². The van der Waals surface area contributed by atoms with E-state index < -0.39 is 6.16 Å². The number of carbonyl (C=O) groups excluding carboxylic acids is 1. The number of benzene rings is 1. The van der Waals surface area contributed by atoms with Gasteiger partial charge in [0.2, 0.25) is 0 Å². The summed E-state index contributed by atoms with van der Waals surface area (Å²) in [5, 5.41) is 13.9. The third-order valence-corrected chi connectivity index (χ3v) is 4.09. The summed E-state index contributed by atoms with van der Waals surface area (Å²) in [6, 6.07) is 4.35. The van der Waals surface area contributed by atoms with Gasteiger partial charge in [0.25, 0.3) is 0 Å². The van der Waals surface area contributed by atoms with Crippen LogP contribution in [0.15, 0.2) is 12.1 Å². The first-order valence-electron chi connectivity index (χ1n) is 7.06. The van der Waals surface area contributed by atoms with Crippen molar-refractivity contribution in [2.45, 2.75) is 47.5 Å². The number of rotatable bonds is 3. The Morgan fingerprint density at radius 2 is 1.52 bits per heavy atom. The van der Waals surface area contributed by atoms with Crippen molar-refractivity contribution in [1.82, 2.24) is 0 Å². The van der Waals surface area contributed by atoms with Gasteiger partial charge in [-0.25, -0.2) is 4.79 Å². The second kappa shape index (κ2) is 6.29. The van der Waals surface area contributed by atoms with Crippen LogP contribution in [0.1, 0.15) is 42.5 Å². The van der Waals surface area contributed by atoms with E-state index in [1.54, 1.807) is 0 Å². The highest BCUT2D eigenvalue weighted by atomic mass is 16.6. The van der Waals surface area contributed by atoms with Crippen molar-refractivity contribution in [3.63, 3.8) is 0 Å². The van der Waals surface area contributed by atoms with Crippen LogP contribution >= 0.6 is 0 Å². The highest BCUT2D eigenvalue weighted by Gasteiger charge is 2.49. The molecule has 1 aliphatic rings. The third-order valence-electron chi connectivity index (χ3n) is 4.09. The smallest absolute Gasteiger partial charge is 0.450 e. The Hall–Kier alpha value is -1.84. The van der Waals surface area contributed by atoms with Gasteiger partial charge >= 0.3 is 6.16 Å². The van der Waals surface area contributed by atoms with E-state index in [2.05, 4.69) is 46.8 Å². The first-order valence-corrected chi connectivity index (χ1v) is 7.06. The van der Waals surface area contributed by atoms with Gasteiger partial charge in [0, 0.05) is 12.3 Å². The summed E-state index contributed by atoms with van der Waals surface area (Å²) >= 11 is 0. The summed E-state index contributed by atoms with van der Waals surface area (Å²) < 4.78 is 0. The molecule has 0 radical (unpaired) electrons. The molecule has 0 heterocycles. The lowest BCUT2D eigenvalue weighted by atomic mass is 9.93. The molecule has 1 unspecified atom stereocenters. The first-order chi connectivity index (χ1) is 9.54. The molecule has 2 rings (SSSR count). The van der Waals surface area contributed by atoms with Gasteiger partial charge in [-0.15, -0.1) is 0 Å². The van der Waals surface area contributed by atoms with E-state index in [0.29, 0.717) is 18.1 Å². The van der Waals surface area contributed by atoms with Crippen molar-refractivity contribution >= 4 is 11.9 Å². The second-order valence-electron chi connectivity index (χ2n) is 6.55. The number of carbonyl (C=O) groups is 2. The highest BCUT2D eigenvalue weighted by Crippen LogP contribution is 2.52. The van der Waals surface area contributed by atoms with Crippen molar-refractivity contribution in [2.75, 3.05) is 0 Å². The molecule has 1 atom stereocenters. The largest absolute Gasteiger partial charge is 0.503 e. The minimum absolute atomic E-state index is 0.254. The molecule has 0 bridgehead atoms. The van der Waals surface area contributed by atoms with Crippen LogP contribution in [0.3, 0.4) is 0 Å². The normalized spacial score (nSPS) is 18.4. The van der Waals surface area contributed by atoms with Crippen molar-refractivity contribution in [3.05, 3.63) is 34.4 Å². The maximum absolute atomic E-state index is 12.2. The zero-order valence-electron chi connectivity index (χ0n) is 13.4. The molecule has 4 heteroatoms. The SMILES string of the molecule is Cc1cc(C)c(CC(=O)C2CC2(C)C)c(C)c1.O=C(O)O. The van der Waals surface area contributed by atoms with Gasteiger partial charge in [-0.1, -0.05) is 31.5 Å². The quantitative estimate of drug-likeness (QED) is 0.883. The van der Waals surface area contributed by atoms with Gasteiger partial charge in [0.05, 0.1) is 0 Å². The average Bonchev–Trinajstić information content (AvgIpc) is 2.92. The molecule has 21 heavy (non-hydrogen) atoms. The maximum Gasteiger partial charge on any atom is 0.503 e. The standard InChI is InChI=1S/C16H22O.CH2O3/c1-10-6-11(2)13(12(3)7-10)8-15(17)14-9-16(14,4)5;2-1(3)4/h6-7,14H,8-9H2,1-5H3;(H2,2,3,4). The van der Waals surface area contributed by atoms with Crippen molar-refractivity contribution < 1.29 is 19.8 Å². The fraction of sp³-hybridized carbons (Fsp3) is 0.529. The number of hydrogen-bond donors (Lipinski definition) is 2. The lowest BCUT2D eigenvalue weighted by Crippen LogP contribution is -2.11. The fourth-order valence-corrected chi connectivity index (χ4v) is 2.80. The molecule has 1 fully saturated rings. The van der Waals surface area contributed by atoms with E-state index in [-0.39, 0.29) is 5.41 Å². The number of carboxylic acid groups (broad SMARTS) is 2. The number of Topliss-reactive ketones (excluding diaryl/α,β-unsaturated/α-hetero) is 1. The Morgan fingerprint density at radius 1 is 1.14 bits per heavy atom. The number of hydrogen-bond acceptors (Lipinski definition) is 2. The second-order valence-corrected chi connectivity index (χ2v) is 6.55. The molecule has 0 aliphatic heterocycles. The Morgan fingerprint density at radius 3 is 1.86 bits per heavy atom. The van der Waals surface area contributed by atoms with Gasteiger partial charge in [-0.05, 0) is 49.3 Å². The van der Waals surface area contributed by atoms with Crippen molar-refractivity contribution in [3.8, 4) is 0 Å². The van der Waals surface area contributed by atoms with Gasteiger partial charge in [-0.2, -0.15) is 0 Å². The summed E-state index contributed by atoms with van der Waals surface area (Å²) in [7, 11) is 0. The highest BCUT2D eigenvalue weighted by molar-refractivity contribution is 5.87. The average molecular weight is 292 g/mol. The summed E-state index contributed by atoms with van der Waals surface area (Å²) in [5.41, 5.74) is 5.29. The van der Waals surface area contributed by atoms with Crippen LogP contribution in [-0.2, 0) is 11.2 Å². The first kappa shape index (κ1) is 17.2. The minimum Gasteiger partial charge on any atom is -0.450 e. The van der Waals surface area contributed by atoms with Gasteiger partial charge in [0.1, 0.15) is 5.78 Å². The Balaban J connectivity index is 0.000000491. The van der Waals surface area contributed by atoms with E-state index in [1.807, 2.05) is 0 Å². The Bertz CT molecular complexity index is 531. The minimum atomic E-state index is -1.83. The summed E-state index contributed by atoms with van der Waals surface area (Å²) in [4.78, 5) is 20.7.